The molecule has 0 saturated heterocycles. The minimum Gasteiger partial charge on any atom is -0.322 e. The highest BCUT2D eigenvalue weighted by Crippen LogP contribution is 2.24. The van der Waals surface area contributed by atoms with Gasteiger partial charge in [-0.25, -0.2) is 12.8 Å². The van der Waals surface area contributed by atoms with Gasteiger partial charge in [0.2, 0.25) is 10.0 Å². The van der Waals surface area contributed by atoms with Gasteiger partial charge in [0.05, 0.1) is 0 Å². The van der Waals surface area contributed by atoms with Crippen LogP contribution in [0.1, 0.15) is 16.0 Å². The lowest BCUT2D eigenvalue weighted by molar-refractivity contribution is 0.399. The Morgan fingerprint density at radius 3 is 2.57 bits per heavy atom. The van der Waals surface area contributed by atoms with E-state index in [9.17, 15) is 17.6 Å². The lowest BCUT2D eigenvalue weighted by Gasteiger charge is -2.22. The summed E-state index contributed by atoms with van der Waals surface area (Å²) in [6.45, 7) is 1.79. The van der Waals surface area contributed by atoms with Gasteiger partial charge in [0, 0.05) is 29.0 Å². The van der Waals surface area contributed by atoms with Crippen molar-refractivity contribution in [1.82, 2.24) is 9.29 Å². The predicted molar refractivity (Wildman–Crippen MR) is 116 cm³/mol. The average molecular weight is 443 g/mol. The van der Waals surface area contributed by atoms with Crippen LogP contribution in [0.25, 0.3) is 10.9 Å². The van der Waals surface area contributed by atoms with Crippen molar-refractivity contribution in [2.45, 2.75) is 24.9 Å². The summed E-state index contributed by atoms with van der Waals surface area (Å²) < 4.78 is 42.0. The molecule has 0 aliphatic carbocycles. The fourth-order valence-electron chi connectivity index (χ4n) is 3.26. The van der Waals surface area contributed by atoms with Gasteiger partial charge in [-0.15, -0.1) is 11.3 Å². The second-order valence-electron chi connectivity index (χ2n) is 7.00. The molecule has 2 aromatic heterocycles. The van der Waals surface area contributed by atoms with Gasteiger partial charge in [0.1, 0.15) is 10.7 Å². The summed E-state index contributed by atoms with van der Waals surface area (Å²) in [6, 6.07) is 16.2. The minimum atomic E-state index is -4.17. The highest BCUT2D eigenvalue weighted by molar-refractivity contribution is 7.89. The molecule has 1 N–H and O–H groups in total. The first-order valence-corrected chi connectivity index (χ1v) is 11.6. The molecule has 0 fully saturated rings. The number of hydrogen-bond donors (Lipinski definition) is 1. The second kappa shape index (κ2) is 8.14. The first-order valence-electron chi connectivity index (χ1n) is 9.24. The average Bonchev–Trinajstić information content (AvgIpc) is 3.21. The van der Waals surface area contributed by atoms with E-state index in [0.29, 0.717) is 11.1 Å². The van der Waals surface area contributed by atoms with E-state index < -0.39 is 20.7 Å². The number of aromatic amines is 1. The van der Waals surface area contributed by atoms with Crippen LogP contribution in [0.3, 0.4) is 0 Å². The van der Waals surface area contributed by atoms with Crippen LogP contribution in [0.2, 0.25) is 0 Å². The lowest BCUT2D eigenvalue weighted by atomic mass is 10.1. The van der Waals surface area contributed by atoms with Crippen molar-refractivity contribution in [3.63, 3.8) is 0 Å². The molecule has 0 bridgehead atoms. The molecule has 0 aliphatic heterocycles. The number of sulfonamides is 1. The SMILES string of the molecule is Cc1ccc2cc(CN(Cc3cccs3)S(=O)(=O)c3ccccc3F)c(=O)[nH]c2c1. The molecule has 0 atom stereocenters. The highest BCUT2D eigenvalue weighted by atomic mass is 32.2. The van der Waals surface area contributed by atoms with Crippen molar-refractivity contribution in [2.75, 3.05) is 0 Å². The minimum absolute atomic E-state index is 0.0414. The molecule has 0 aliphatic rings. The van der Waals surface area contributed by atoms with Gasteiger partial charge >= 0.3 is 0 Å². The third kappa shape index (κ3) is 4.07. The number of fused-ring (bicyclic) bond motifs is 1. The standard InChI is InChI=1S/C22H19FN2O3S2/c1-15-8-9-16-12-17(22(26)24-20(16)11-15)13-25(14-18-5-4-10-29-18)30(27,28)21-7-3-2-6-19(21)23/h2-12H,13-14H2,1H3,(H,24,26). The van der Waals surface area contributed by atoms with Gasteiger partial charge in [-0.2, -0.15) is 4.31 Å². The fourth-order valence-corrected chi connectivity index (χ4v) is 5.53. The summed E-state index contributed by atoms with van der Waals surface area (Å²) in [5.74, 6) is -0.823. The van der Waals surface area contributed by atoms with Gasteiger partial charge in [-0.3, -0.25) is 4.79 Å². The van der Waals surface area contributed by atoms with Gasteiger partial charge in [0.25, 0.3) is 5.56 Å². The number of pyridine rings is 1. The van der Waals surface area contributed by atoms with E-state index in [1.165, 1.54) is 29.5 Å². The predicted octanol–water partition coefficient (Wildman–Crippen LogP) is 4.43. The lowest BCUT2D eigenvalue weighted by Crippen LogP contribution is -2.32. The molecule has 5 nitrogen and oxygen atoms in total. The maximum atomic E-state index is 14.3. The van der Waals surface area contributed by atoms with Crippen molar-refractivity contribution in [2.24, 2.45) is 0 Å². The van der Waals surface area contributed by atoms with Crippen LogP contribution < -0.4 is 5.56 Å². The van der Waals surface area contributed by atoms with Crippen LogP contribution in [0.5, 0.6) is 0 Å². The molecule has 2 aromatic carbocycles. The molecule has 4 rings (SSSR count). The van der Waals surface area contributed by atoms with Gasteiger partial charge in [0.15, 0.2) is 0 Å². The zero-order valence-corrected chi connectivity index (χ0v) is 17.8. The van der Waals surface area contributed by atoms with E-state index in [2.05, 4.69) is 4.98 Å². The zero-order valence-electron chi connectivity index (χ0n) is 16.1. The number of aryl methyl sites for hydroxylation is 1. The molecule has 154 valence electrons. The number of aromatic nitrogens is 1. The molecule has 2 heterocycles. The van der Waals surface area contributed by atoms with Crippen LogP contribution in [0.15, 0.2) is 75.7 Å². The van der Waals surface area contributed by atoms with Crippen LogP contribution in [0, 0.1) is 12.7 Å². The molecular formula is C22H19FN2O3S2. The molecule has 0 saturated carbocycles. The molecule has 4 aromatic rings. The number of nitrogens with one attached hydrogen (secondary N) is 1. The van der Waals surface area contributed by atoms with Crippen molar-refractivity contribution >= 4 is 32.3 Å². The van der Waals surface area contributed by atoms with Crippen LogP contribution in [-0.2, 0) is 23.1 Å². The third-order valence-corrected chi connectivity index (χ3v) is 7.48. The Kier molecular flexibility index (Phi) is 5.55. The Balaban J connectivity index is 1.78. The maximum Gasteiger partial charge on any atom is 0.252 e. The van der Waals surface area contributed by atoms with Crippen LogP contribution in [-0.4, -0.2) is 17.7 Å². The summed E-state index contributed by atoms with van der Waals surface area (Å²) >= 11 is 1.40. The Bertz CT molecular complexity index is 1360. The number of halogens is 1. The molecule has 8 heteroatoms. The van der Waals surface area contributed by atoms with Crippen LogP contribution in [0.4, 0.5) is 4.39 Å². The topological polar surface area (TPSA) is 70.2 Å². The molecular weight excluding hydrogens is 423 g/mol. The number of thiophene rings is 1. The van der Waals surface area contributed by atoms with E-state index in [1.54, 1.807) is 6.07 Å². The molecule has 0 unspecified atom stereocenters. The number of H-pyrrole nitrogens is 1. The molecule has 0 spiro atoms. The second-order valence-corrected chi connectivity index (χ2v) is 9.94. The Hall–Kier alpha value is -2.81. The summed E-state index contributed by atoms with van der Waals surface area (Å²) in [5, 5.41) is 2.64. The highest BCUT2D eigenvalue weighted by Gasteiger charge is 2.28. The van der Waals surface area contributed by atoms with E-state index in [-0.39, 0.29) is 18.6 Å². The smallest absolute Gasteiger partial charge is 0.252 e. The van der Waals surface area contributed by atoms with Crippen molar-refractivity contribution in [3.05, 3.63) is 98.2 Å². The van der Waals surface area contributed by atoms with Crippen molar-refractivity contribution < 1.29 is 12.8 Å². The fraction of sp³-hybridized carbons (Fsp3) is 0.136. The summed E-state index contributed by atoms with van der Waals surface area (Å²) in [5.41, 5.74) is 1.62. The van der Waals surface area contributed by atoms with Gasteiger partial charge in [-0.1, -0.05) is 30.3 Å². The number of hydrogen-bond acceptors (Lipinski definition) is 4. The summed E-state index contributed by atoms with van der Waals surface area (Å²) in [7, 11) is -4.17. The molecule has 30 heavy (non-hydrogen) atoms. The van der Waals surface area contributed by atoms with E-state index in [0.717, 1.165) is 26.2 Å². The number of nitrogens with zero attached hydrogens (tertiary/aromatic N) is 1. The van der Waals surface area contributed by atoms with Gasteiger partial charge < -0.3 is 4.98 Å². The summed E-state index contributed by atoms with van der Waals surface area (Å²) in [4.78, 5) is 15.9. The molecule has 0 radical (unpaired) electrons. The number of benzene rings is 2. The van der Waals surface area contributed by atoms with E-state index in [4.69, 9.17) is 0 Å². The van der Waals surface area contributed by atoms with E-state index >= 15 is 0 Å². The Morgan fingerprint density at radius 1 is 1.03 bits per heavy atom. The molecule has 0 amide bonds. The third-order valence-electron chi connectivity index (χ3n) is 4.79. The monoisotopic (exact) mass is 442 g/mol. The largest absolute Gasteiger partial charge is 0.322 e. The van der Waals surface area contributed by atoms with Crippen LogP contribution >= 0.6 is 11.3 Å². The normalized spacial score (nSPS) is 12.0. The Morgan fingerprint density at radius 2 is 1.83 bits per heavy atom. The van der Waals surface area contributed by atoms with Crippen molar-refractivity contribution in [1.29, 1.82) is 0 Å². The van der Waals surface area contributed by atoms with Gasteiger partial charge in [-0.05, 0) is 53.6 Å². The zero-order chi connectivity index (χ0) is 21.3. The quantitative estimate of drug-likeness (QED) is 0.480. The number of rotatable bonds is 6. The Labute approximate surface area is 177 Å². The summed E-state index contributed by atoms with van der Waals surface area (Å²) in [6.07, 6.45) is 0. The maximum absolute atomic E-state index is 14.3. The van der Waals surface area contributed by atoms with Crippen molar-refractivity contribution in [3.8, 4) is 0 Å². The first-order chi connectivity index (χ1) is 14.3. The van der Waals surface area contributed by atoms with E-state index in [1.807, 2.05) is 42.6 Å². The first kappa shape index (κ1) is 20.5.